The van der Waals surface area contributed by atoms with Crippen molar-refractivity contribution in [2.75, 3.05) is 0 Å². The minimum Gasteiger partial charge on any atom is -0.480 e. The second kappa shape index (κ2) is 4.59. The van der Waals surface area contributed by atoms with Gasteiger partial charge in [-0.05, 0) is 31.2 Å². The van der Waals surface area contributed by atoms with Crippen molar-refractivity contribution < 1.29 is 9.90 Å². The Balaban J connectivity index is 2.36. The van der Waals surface area contributed by atoms with Crippen molar-refractivity contribution in [1.29, 1.82) is 0 Å². The van der Waals surface area contributed by atoms with Gasteiger partial charge in [-0.2, -0.15) is 0 Å². The summed E-state index contributed by atoms with van der Waals surface area (Å²) in [5.41, 5.74) is -0.130. The Labute approximate surface area is 117 Å². The highest BCUT2D eigenvalue weighted by molar-refractivity contribution is 7.18. The molecule has 0 saturated heterocycles. The molecule has 0 aromatic carbocycles. The highest BCUT2D eigenvalue weighted by Gasteiger charge is 2.26. The van der Waals surface area contributed by atoms with Gasteiger partial charge in [0.05, 0.1) is 5.39 Å². The molecule has 0 spiro atoms. The monoisotopic (exact) mass is 294 g/mol. The molecule has 1 atom stereocenters. The Kier molecular flexibility index (Phi) is 3.01. The van der Waals surface area contributed by atoms with Crippen molar-refractivity contribution in [2.45, 2.75) is 38.6 Å². The molecule has 1 aliphatic carbocycles. The Bertz CT molecular complexity index is 814. The van der Waals surface area contributed by atoms with Crippen LogP contribution in [0.25, 0.3) is 10.2 Å². The Morgan fingerprint density at radius 3 is 2.85 bits per heavy atom. The average Bonchev–Trinajstić information content (AvgIpc) is 2.93. The normalized spacial score (nSPS) is 15.4. The summed E-state index contributed by atoms with van der Waals surface area (Å²) in [6.45, 7) is 1.65. The fourth-order valence-electron chi connectivity index (χ4n) is 2.84. The van der Waals surface area contributed by atoms with Crippen molar-refractivity contribution in [3.05, 3.63) is 31.3 Å². The molecule has 0 radical (unpaired) electrons. The van der Waals surface area contributed by atoms with Crippen LogP contribution in [0.1, 0.15) is 36.2 Å². The van der Waals surface area contributed by atoms with E-state index in [2.05, 4.69) is 4.98 Å². The first-order valence-corrected chi connectivity index (χ1v) is 7.38. The smallest absolute Gasteiger partial charge is 0.330 e. The number of aliphatic carboxylic acids is 1. The molecule has 7 heteroatoms. The van der Waals surface area contributed by atoms with Gasteiger partial charge >= 0.3 is 11.7 Å². The first-order valence-electron chi connectivity index (χ1n) is 6.56. The van der Waals surface area contributed by atoms with Crippen LogP contribution >= 0.6 is 11.3 Å². The van der Waals surface area contributed by atoms with Gasteiger partial charge in [-0.1, -0.05) is 6.92 Å². The highest BCUT2D eigenvalue weighted by atomic mass is 32.1. The number of carboxylic acids is 1. The number of hydrogen-bond donors (Lipinski definition) is 2. The first-order chi connectivity index (χ1) is 9.54. The van der Waals surface area contributed by atoms with Gasteiger partial charge in [0.15, 0.2) is 0 Å². The number of nitrogens with zero attached hydrogens (tertiary/aromatic N) is 1. The van der Waals surface area contributed by atoms with Gasteiger partial charge in [0, 0.05) is 4.88 Å². The quantitative estimate of drug-likeness (QED) is 0.891. The first kappa shape index (κ1) is 13.1. The Hall–Kier alpha value is -1.89. The van der Waals surface area contributed by atoms with Crippen LogP contribution in [0.5, 0.6) is 0 Å². The summed E-state index contributed by atoms with van der Waals surface area (Å²) >= 11 is 1.43. The van der Waals surface area contributed by atoms with Crippen LogP contribution < -0.4 is 11.2 Å². The lowest BCUT2D eigenvalue weighted by molar-refractivity contribution is -0.141. The second-order valence-corrected chi connectivity index (χ2v) is 6.03. The number of H-pyrrole nitrogens is 1. The minimum atomic E-state index is -1.16. The predicted molar refractivity (Wildman–Crippen MR) is 75.7 cm³/mol. The van der Waals surface area contributed by atoms with E-state index in [1.807, 2.05) is 0 Å². The fraction of sp³-hybridized carbons (Fsp3) is 0.462. The Morgan fingerprint density at radius 2 is 2.20 bits per heavy atom. The zero-order valence-electron chi connectivity index (χ0n) is 10.9. The third kappa shape index (κ3) is 1.73. The van der Waals surface area contributed by atoms with Crippen molar-refractivity contribution in [1.82, 2.24) is 9.55 Å². The molecular formula is C13H14N2O4S. The van der Waals surface area contributed by atoms with Crippen molar-refractivity contribution in [3.8, 4) is 0 Å². The molecule has 3 rings (SSSR count). The molecule has 0 fully saturated rings. The van der Waals surface area contributed by atoms with E-state index < -0.39 is 23.3 Å². The number of thiophene rings is 1. The van der Waals surface area contributed by atoms with Crippen LogP contribution in [-0.4, -0.2) is 20.6 Å². The maximum absolute atomic E-state index is 12.6. The van der Waals surface area contributed by atoms with Crippen molar-refractivity contribution in [2.24, 2.45) is 0 Å². The minimum absolute atomic E-state index is 0.191. The van der Waals surface area contributed by atoms with E-state index >= 15 is 0 Å². The lowest BCUT2D eigenvalue weighted by Crippen LogP contribution is -2.40. The van der Waals surface area contributed by atoms with Crippen LogP contribution in [0.4, 0.5) is 0 Å². The van der Waals surface area contributed by atoms with Gasteiger partial charge in [0.25, 0.3) is 5.56 Å². The summed E-state index contributed by atoms with van der Waals surface area (Å²) in [7, 11) is 0. The number of aromatic nitrogens is 2. The van der Waals surface area contributed by atoms with Crippen molar-refractivity contribution >= 4 is 27.5 Å². The molecule has 1 aliphatic rings. The summed E-state index contributed by atoms with van der Waals surface area (Å²) in [5.74, 6) is -1.16. The summed E-state index contributed by atoms with van der Waals surface area (Å²) in [4.78, 5) is 40.2. The number of aromatic amines is 1. The van der Waals surface area contributed by atoms with Crippen LogP contribution in [0, 0.1) is 0 Å². The summed E-state index contributed by atoms with van der Waals surface area (Å²) in [6, 6.07) is -1.12. The van der Waals surface area contributed by atoms with Crippen LogP contribution in [0.2, 0.25) is 0 Å². The van der Waals surface area contributed by atoms with Gasteiger partial charge in [-0.25, -0.2) is 14.2 Å². The Morgan fingerprint density at radius 1 is 1.45 bits per heavy atom. The molecule has 20 heavy (non-hydrogen) atoms. The van der Waals surface area contributed by atoms with Gasteiger partial charge < -0.3 is 5.11 Å². The number of aryl methyl sites for hydroxylation is 2. The third-order valence-corrected chi connectivity index (χ3v) is 4.98. The SMILES string of the molecule is CCC(C(=O)O)n1c(=O)[nH]c2sc3c(c2c1=O)CCC3. The summed E-state index contributed by atoms with van der Waals surface area (Å²) in [5, 5.41) is 9.68. The molecule has 2 aromatic heterocycles. The number of fused-ring (bicyclic) bond motifs is 3. The zero-order chi connectivity index (χ0) is 14.4. The predicted octanol–water partition coefficient (Wildman–Crippen LogP) is 1.28. The molecule has 0 saturated carbocycles. The van der Waals surface area contributed by atoms with E-state index in [0.717, 1.165) is 34.3 Å². The van der Waals surface area contributed by atoms with Crippen molar-refractivity contribution in [3.63, 3.8) is 0 Å². The number of carboxylic acid groups (broad SMARTS) is 1. The van der Waals surface area contributed by atoms with E-state index in [-0.39, 0.29) is 6.42 Å². The average molecular weight is 294 g/mol. The summed E-state index contributed by atoms with van der Waals surface area (Å²) < 4.78 is 0.843. The molecule has 0 aliphatic heterocycles. The van der Waals surface area contributed by atoms with Crippen LogP contribution in [-0.2, 0) is 17.6 Å². The van der Waals surface area contributed by atoms with Crippen LogP contribution in [0.15, 0.2) is 9.59 Å². The fourth-order valence-corrected chi connectivity index (χ4v) is 4.11. The van der Waals surface area contributed by atoms with Gasteiger partial charge in [0.1, 0.15) is 10.9 Å². The van der Waals surface area contributed by atoms with Crippen LogP contribution in [0.3, 0.4) is 0 Å². The van der Waals surface area contributed by atoms with Gasteiger partial charge in [-0.3, -0.25) is 9.78 Å². The molecule has 106 valence electrons. The molecule has 2 aromatic rings. The molecule has 2 N–H and O–H groups in total. The topological polar surface area (TPSA) is 92.2 Å². The molecule has 0 bridgehead atoms. The zero-order valence-corrected chi connectivity index (χ0v) is 11.7. The second-order valence-electron chi connectivity index (χ2n) is 4.93. The standard InChI is InChI=1S/C13H14N2O4S/c1-2-7(12(17)18)15-11(16)9-6-4-3-5-8(6)20-10(9)14-13(15)19/h7H,2-5H2,1H3,(H,14,19)(H,17,18). The molecular weight excluding hydrogens is 280 g/mol. The van der Waals surface area contributed by atoms with E-state index in [1.165, 1.54) is 11.3 Å². The number of rotatable bonds is 3. The number of nitrogens with one attached hydrogen (secondary N) is 1. The van der Waals surface area contributed by atoms with E-state index in [4.69, 9.17) is 0 Å². The molecule has 6 nitrogen and oxygen atoms in total. The highest BCUT2D eigenvalue weighted by Crippen LogP contribution is 2.34. The van der Waals surface area contributed by atoms with Gasteiger partial charge in [0.2, 0.25) is 0 Å². The maximum atomic E-state index is 12.6. The maximum Gasteiger partial charge on any atom is 0.330 e. The lowest BCUT2D eigenvalue weighted by atomic mass is 10.2. The van der Waals surface area contributed by atoms with E-state index in [9.17, 15) is 19.5 Å². The van der Waals surface area contributed by atoms with E-state index in [0.29, 0.717) is 10.2 Å². The molecule has 0 amide bonds. The summed E-state index contributed by atoms with van der Waals surface area (Å²) in [6.07, 6.45) is 2.94. The van der Waals surface area contributed by atoms with E-state index in [1.54, 1.807) is 6.92 Å². The van der Waals surface area contributed by atoms with Gasteiger partial charge in [-0.15, -0.1) is 11.3 Å². The largest absolute Gasteiger partial charge is 0.480 e. The number of carbonyl (C=O) groups is 1. The number of hydrogen-bond acceptors (Lipinski definition) is 4. The molecule has 2 heterocycles. The lowest BCUT2D eigenvalue weighted by Gasteiger charge is -2.12. The third-order valence-electron chi connectivity index (χ3n) is 3.78. The molecule has 1 unspecified atom stereocenters.